The Hall–Kier alpha value is -4.05. The predicted molar refractivity (Wildman–Crippen MR) is 166 cm³/mol. The second-order valence-electron chi connectivity index (χ2n) is 10.5. The number of pyridine rings is 1. The second kappa shape index (κ2) is 11.7. The molecule has 0 aliphatic carbocycles. The van der Waals surface area contributed by atoms with Gasteiger partial charge in [-0.15, -0.1) is 0 Å². The monoisotopic (exact) mass is 599 g/mol. The van der Waals surface area contributed by atoms with Crippen molar-refractivity contribution in [2.75, 3.05) is 18.0 Å². The van der Waals surface area contributed by atoms with Crippen LogP contribution in [-0.4, -0.2) is 42.5 Å². The number of aryl methyl sites for hydroxylation is 1. The fourth-order valence-electron chi connectivity index (χ4n) is 5.35. The van der Waals surface area contributed by atoms with E-state index in [4.69, 9.17) is 27.1 Å². The third-order valence-corrected chi connectivity index (χ3v) is 9.60. The van der Waals surface area contributed by atoms with Crippen molar-refractivity contribution in [2.45, 2.75) is 36.5 Å². The number of piperidine rings is 1. The summed E-state index contributed by atoms with van der Waals surface area (Å²) in [5.74, 6) is 1.42. The number of benzene rings is 3. The molecule has 214 valence electrons. The highest BCUT2D eigenvalue weighted by molar-refractivity contribution is 7.90. The fraction of sp³-hybridized carbons (Fsp3) is 0.219. The first-order chi connectivity index (χ1) is 20.3. The van der Waals surface area contributed by atoms with Crippen molar-refractivity contribution in [3.8, 4) is 22.9 Å². The van der Waals surface area contributed by atoms with Crippen molar-refractivity contribution in [1.82, 2.24) is 15.0 Å². The number of rotatable bonds is 7. The number of halogens is 1. The van der Waals surface area contributed by atoms with Crippen LogP contribution >= 0.6 is 11.6 Å². The summed E-state index contributed by atoms with van der Waals surface area (Å²) in [6, 6.07) is 21.6. The molecule has 0 amide bonds. The molecule has 1 aliphatic heterocycles. The van der Waals surface area contributed by atoms with Crippen LogP contribution in [0.2, 0.25) is 5.02 Å². The highest BCUT2D eigenvalue weighted by Crippen LogP contribution is 2.38. The first-order valence-electron chi connectivity index (χ1n) is 13.8. The molecular weight excluding hydrogens is 570 g/mol. The average Bonchev–Trinajstić information content (AvgIpc) is 2.99. The number of anilines is 1. The van der Waals surface area contributed by atoms with Crippen molar-refractivity contribution < 1.29 is 13.2 Å². The molecule has 2 N–H and O–H groups in total. The summed E-state index contributed by atoms with van der Waals surface area (Å²) in [6.45, 7) is 3.52. The van der Waals surface area contributed by atoms with E-state index in [0.717, 1.165) is 41.3 Å². The first kappa shape index (κ1) is 28.1. The van der Waals surface area contributed by atoms with Gasteiger partial charge in [-0.2, -0.15) is 0 Å². The van der Waals surface area contributed by atoms with Gasteiger partial charge in [-0.3, -0.25) is 0 Å². The SMILES string of the molecule is Cc1ccc2c(CS(=O)(=O)c3ccccc3Cl)cccc2c1Oc1ncccc1-c1ccnc(N2CCC[C@H](N)C2)n1. The molecule has 0 radical (unpaired) electrons. The van der Waals surface area contributed by atoms with Gasteiger partial charge in [0.05, 0.1) is 26.9 Å². The maximum absolute atomic E-state index is 13.3. The Morgan fingerprint density at radius 3 is 2.67 bits per heavy atom. The third-order valence-electron chi connectivity index (χ3n) is 7.45. The Kier molecular flexibility index (Phi) is 7.81. The van der Waals surface area contributed by atoms with Crippen molar-refractivity contribution in [3.63, 3.8) is 0 Å². The van der Waals surface area contributed by atoms with Crippen molar-refractivity contribution >= 4 is 38.2 Å². The van der Waals surface area contributed by atoms with E-state index in [-0.39, 0.29) is 21.7 Å². The lowest BCUT2D eigenvalue weighted by Gasteiger charge is -2.30. The van der Waals surface area contributed by atoms with Gasteiger partial charge < -0.3 is 15.4 Å². The fourth-order valence-corrected chi connectivity index (χ4v) is 7.31. The maximum atomic E-state index is 13.3. The smallest absolute Gasteiger partial charge is 0.228 e. The number of nitrogens with zero attached hydrogens (tertiary/aromatic N) is 4. The second-order valence-corrected chi connectivity index (χ2v) is 12.8. The van der Waals surface area contributed by atoms with E-state index in [1.54, 1.807) is 30.6 Å². The molecule has 0 bridgehead atoms. The Labute approximate surface area is 250 Å². The summed E-state index contributed by atoms with van der Waals surface area (Å²) in [7, 11) is -3.69. The zero-order valence-corrected chi connectivity index (χ0v) is 24.6. The summed E-state index contributed by atoms with van der Waals surface area (Å²) in [5, 5.41) is 1.76. The number of ether oxygens (including phenoxy) is 1. The molecule has 6 rings (SSSR count). The Morgan fingerprint density at radius 1 is 0.976 bits per heavy atom. The van der Waals surface area contributed by atoms with Gasteiger partial charge in [0.15, 0.2) is 9.84 Å². The summed E-state index contributed by atoms with van der Waals surface area (Å²) < 4.78 is 33.2. The lowest BCUT2D eigenvalue weighted by molar-refractivity contribution is 0.466. The largest absolute Gasteiger partial charge is 0.437 e. The first-order valence-corrected chi connectivity index (χ1v) is 15.8. The summed E-state index contributed by atoms with van der Waals surface area (Å²) in [4.78, 5) is 16.1. The van der Waals surface area contributed by atoms with Crippen LogP contribution in [0, 0.1) is 6.92 Å². The van der Waals surface area contributed by atoms with E-state index >= 15 is 0 Å². The maximum Gasteiger partial charge on any atom is 0.228 e. The van der Waals surface area contributed by atoms with Crippen LogP contribution in [-0.2, 0) is 15.6 Å². The van der Waals surface area contributed by atoms with Crippen LogP contribution in [0.1, 0.15) is 24.0 Å². The van der Waals surface area contributed by atoms with E-state index in [1.807, 2.05) is 55.5 Å². The van der Waals surface area contributed by atoms with Crippen LogP contribution in [0.5, 0.6) is 11.6 Å². The number of hydrogen-bond donors (Lipinski definition) is 1. The molecule has 3 aromatic carbocycles. The van der Waals surface area contributed by atoms with Gasteiger partial charge in [-0.1, -0.05) is 54.1 Å². The van der Waals surface area contributed by atoms with Crippen LogP contribution in [0.3, 0.4) is 0 Å². The van der Waals surface area contributed by atoms with Crippen molar-refractivity contribution in [1.29, 1.82) is 0 Å². The topological polar surface area (TPSA) is 111 Å². The van der Waals surface area contributed by atoms with E-state index in [0.29, 0.717) is 35.4 Å². The highest BCUT2D eigenvalue weighted by Gasteiger charge is 2.22. The molecule has 8 nitrogen and oxygen atoms in total. The molecule has 0 unspecified atom stereocenters. The van der Waals surface area contributed by atoms with Crippen LogP contribution in [0.4, 0.5) is 5.95 Å². The average molecular weight is 600 g/mol. The molecule has 1 fully saturated rings. The van der Waals surface area contributed by atoms with E-state index < -0.39 is 9.84 Å². The Morgan fingerprint density at radius 2 is 1.83 bits per heavy atom. The molecule has 1 atom stereocenters. The molecule has 0 spiro atoms. The van der Waals surface area contributed by atoms with Gasteiger partial charge in [0.2, 0.25) is 11.8 Å². The van der Waals surface area contributed by atoms with Gasteiger partial charge in [-0.05, 0) is 66.6 Å². The highest BCUT2D eigenvalue weighted by atomic mass is 35.5. The van der Waals surface area contributed by atoms with E-state index in [1.165, 1.54) is 6.07 Å². The predicted octanol–water partition coefficient (Wildman–Crippen LogP) is 6.35. The summed E-state index contributed by atoms with van der Waals surface area (Å²) >= 11 is 6.23. The van der Waals surface area contributed by atoms with E-state index in [9.17, 15) is 8.42 Å². The number of aromatic nitrogens is 3. The quantitative estimate of drug-likeness (QED) is 0.230. The number of sulfone groups is 1. The van der Waals surface area contributed by atoms with E-state index in [2.05, 4.69) is 14.9 Å². The van der Waals surface area contributed by atoms with Crippen LogP contribution in [0.25, 0.3) is 22.0 Å². The minimum absolute atomic E-state index is 0.0992. The molecule has 42 heavy (non-hydrogen) atoms. The normalized spacial score (nSPS) is 15.6. The zero-order valence-electron chi connectivity index (χ0n) is 23.1. The molecule has 10 heteroatoms. The minimum Gasteiger partial charge on any atom is -0.437 e. The minimum atomic E-state index is -3.69. The van der Waals surface area contributed by atoms with Gasteiger partial charge in [-0.25, -0.2) is 23.4 Å². The van der Waals surface area contributed by atoms with Gasteiger partial charge >= 0.3 is 0 Å². The molecule has 1 aliphatic rings. The Bertz CT molecular complexity index is 1880. The Balaban J connectivity index is 1.36. The molecular formula is C32H30ClN5O3S. The molecule has 2 aromatic heterocycles. The summed E-state index contributed by atoms with van der Waals surface area (Å²) in [5.41, 5.74) is 9.14. The van der Waals surface area contributed by atoms with Crippen molar-refractivity contribution in [2.24, 2.45) is 5.73 Å². The van der Waals surface area contributed by atoms with Gasteiger partial charge in [0, 0.05) is 36.9 Å². The number of nitrogens with two attached hydrogens (primary N) is 1. The third kappa shape index (κ3) is 5.68. The number of fused-ring (bicyclic) bond motifs is 1. The molecule has 0 saturated carbocycles. The molecule has 1 saturated heterocycles. The van der Waals surface area contributed by atoms with Crippen LogP contribution in [0.15, 0.2) is 90.1 Å². The van der Waals surface area contributed by atoms with Crippen LogP contribution < -0.4 is 15.4 Å². The van der Waals surface area contributed by atoms with Gasteiger partial charge in [0.25, 0.3) is 0 Å². The summed E-state index contributed by atoms with van der Waals surface area (Å²) in [6.07, 6.45) is 5.41. The van der Waals surface area contributed by atoms with Crippen molar-refractivity contribution in [3.05, 3.63) is 101 Å². The number of hydrogen-bond acceptors (Lipinski definition) is 8. The molecule has 5 aromatic rings. The standard InChI is InChI=1S/C32H30ClN5O3S/c1-21-13-14-24-22(20-42(39,40)29-12-3-2-11-27(29)33)7-4-9-25(24)30(21)41-31-26(10-5-16-35-31)28-15-17-36-32(37-28)38-18-6-8-23(34)19-38/h2-5,7,9-17,23H,6,8,18-20,34H2,1H3/t23-/m0/s1. The zero-order chi connectivity index (χ0) is 29.3. The molecule has 3 heterocycles. The lowest BCUT2D eigenvalue weighted by Crippen LogP contribution is -2.43. The van der Waals surface area contributed by atoms with Gasteiger partial charge in [0.1, 0.15) is 5.75 Å². The lowest BCUT2D eigenvalue weighted by atomic mass is 10.0.